The predicted octanol–water partition coefficient (Wildman–Crippen LogP) is 2.37. The van der Waals surface area contributed by atoms with E-state index < -0.39 is 10.0 Å². The molecule has 7 nitrogen and oxygen atoms in total. The average molecular weight is 556 g/mol. The topological polar surface area (TPSA) is 77.0 Å². The SMILES string of the molecule is CN=C(NCC1CCN(S(C)(=O)=O)CC1)NC1CCN(c2cccc(Cl)c2)C1.I. The van der Waals surface area contributed by atoms with E-state index in [1.807, 2.05) is 18.2 Å². The summed E-state index contributed by atoms with van der Waals surface area (Å²) in [5.41, 5.74) is 1.15. The van der Waals surface area contributed by atoms with Crippen molar-refractivity contribution < 1.29 is 8.42 Å². The maximum absolute atomic E-state index is 11.6. The van der Waals surface area contributed by atoms with Gasteiger partial charge in [0.05, 0.1) is 6.26 Å². The van der Waals surface area contributed by atoms with Crippen LogP contribution in [0.15, 0.2) is 29.3 Å². The molecule has 2 aliphatic heterocycles. The first-order valence-corrected chi connectivity index (χ1v) is 12.0. The molecule has 2 fully saturated rings. The molecule has 1 atom stereocenters. The number of nitrogens with one attached hydrogen (secondary N) is 2. The summed E-state index contributed by atoms with van der Waals surface area (Å²) >= 11 is 6.11. The Kier molecular flexibility index (Phi) is 9.30. The van der Waals surface area contributed by atoms with Crippen molar-refractivity contribution in [3.8, 4) is 0 Å². The highest BCUT2D eigenvalue weighted by Crippen LogP contribution is 2.23. The van der Waals surface area contributed by atoms with Gasteiger partial charge in [-0.05, 0) is 43.4 Å². The Bertz CT molecular complexity index is 800. The van der Waals surface area contributed by atoms with E-state index in [1.165, 1.54) is 6.26 Å². The second-order valence-corrected chi connectivity index (χ2v) is 10.0. The van der Waals surface area contributed by atoms with E-state index in [4.69, 9.17) is 11.6 Å². The molecule has 3 rings (SSSR count). The lowest BCUT2D eigenvalue weighted by molar-refractivity contribution is 0.274. The fraction of sp³-hybridized carbons (Fsp3) is 0.632. The monoisotopic (exact) mass is 555 g/mol. The molecule has 0 amide bonds. The summed E-state index contributed by atoms with van der Waals surface area (Å²) < 4.78 is 24.8. The molecule has 164 valence electrons. The number of anilines is 1. The molecule has 2 heterocycles. The van der Waals surface area contributed by atoms with Crippen molar-refractivity contribution in [3.63, 3.8) is 0 Å². The standard InChI is InChI=1S/C19H30ClN5O2S.HI/c1-21-19(22-13-15-6-10-25(11-7-15)28(2,26)27)23-17-8-9-24(14-17)18-5-3-4-16(20)12-18;/h3-5,12,15,17H,6-11,13-14H2,1-2H3,(H2,21,22,23);1H. The van der Waals surface area contributed by atoms with E-state index in [1.54, 1.807) is 11.4 Å². The molecule has 2 aliphatic rings. The van der Waals surface area contributed by atoms with Crippen molar-refractivity contribution in [2.24, 2.45) is 10.9 Å². The first-order chi connectivity index (χ1) is 13.3. The van der Waals surface area contributed by atoms with Crippen molar-refractivity contribution in [1.29, 1.82) is 0 Å². The van der Waals surface area contributed by atoms with Gasteiger partial charge in [0.2, 0.25) is 10.0 Å². The first-order valence-electron chi connectivity index (χ1n) is 9.78. The fourth-order valence-corrected chi connectivity index (χ4v) is 4.92. The van der Waals surface area contributed by atoms with Gasteiger partial charge in [0.25, 0.3) is 0 Å². The van der Waals surface area contributed by atoms with E-state index in [9.17, 15) is 8.42 Å². The van der Waals surface area contributed by atoms with Crippen molar-refractivity contribution in [2.45, 2.75) is 25.3 Å². The van der Waals surface area contributed by atoms with Crippen LogP contribution in [-0.2, 0) is 10.0 Å². The van der Waals surface area contributed by atoms with Gasteiger partial charge in [-0.25, -0.2) is 12.7 Å². The Morgan fingerprint density at radius 2 is 1.97 bits per heavy atom. The van der Waals surface area contributed by atoms with Crippen LogP contribution in [0.4, 0.5) is 5.69 Å². The smallest absolute Gasteiger partial charge is 0.211 e. The highest BCUT2D eigenvalue weighted by molar-refractivity contribution is 14.0. The largest absolute Gasteiger partial charge is 0.369 e. The zero-order valence-corrected chi connectivity index (χ0v) is 20.9. The van der Waals surface area contributed by atoms with E-state index in [0.29, 0.717) is 25.0 Å². The minimum absolute atomic E-state index is 0. The maximum atomic E-state index is 11.6. The zero-order valence-electron chi connectivity index (χ0n) is 17.0. The number of aliphatic imine (C=N–C) groups is 1. The molecule has 29 heavy (non-hydrogen) atoms. The highest BCUT2D eigenvalue weighted by atomic mass is 127. The van der Waals surface area contributed by atoms with Crippen LogP contribution in [0.3, 0.4) is 0 Å². The van der Waals surface area contributed by atoms with E-state index in [-0.39, 0.29) is 24.0 Å². The molecule has 0 saturated carbocycles. The maximum Gasteiger partial charge on any atom is 0.211 e. The van der Waals surface area contributed by atoms with E-state index >= 15 is 0 Å². The first kappa shape index (κ1) is 24.5. The second-order valence-electron chi connectivity index (χ2n) is 7.61. The molecule has 0 aromatic heterocycles. The molecule has 1 unspecified atom stereocenters. The number of nitrogens with zero attached hydrogens (tertiary/aromatic N) is 3. The summed E-state index contributed by atoms with van der Waals surface area (Å²) in [7, 11) is -1.28. The average Bonchev–Trinajstić information content (AvgIpc) is 3.13. The zero-order chi connectivity index (χ0) is 20.1. The van der Waals surface area contributed by atoms with Gasteiger partial charge in [0.15, 0.2) is 5.96 Å². The van der Waals surface area contributed by atoms with Gasteiger partial charge in [-0.1, -0.05) is 17.7 Å². The van der Waals surface area contributed by atoms with Crippen LogP contribution >= 0.6 is 35.6 Å². The van der Waals surface area contributed by atoms with Crippen molar-refractivity contribution >= 4 is 57.2 Å². The molecule has 0 bridgehead atoms. The molecular formula is C19H31ClIN5O2S. The second kappa shape index (κ2) is 11.0. The van der Waals surface area contributed by atoms with Gasteiger partial charge in [-0.2, -0.15) is 0 Å². The van der Waals surface area contributed by atoms with Gasteiger partial charge in [-0.15, -0.1) is 24.0 Å². The Balaban J connectivity index is 0.00000300. The minimum atomic E-state index is -3.07. The minimum Gasteiger partial charge on any atom is -0.369 e. The van der Waals surface area contributed by atoms with Crippen molar-refractivity contribution in [2.75, 3.05) is 50.9 Å². The van der Waals surface area contributed by atoms with Gasteiger partial charge in [0.1, 0.15) is 0 Å². The van der Waals surface area contributed by atoms with E-state index in [0.717, 1.165) is 55.6 Å². The number of guanidine groups is 1. The number of hydrogen-bond acceptors (Lipinski definition) is 4. The molecule has 1 aromatic carbocycles. The van der Waals surface area contributed by atoms with Crippen molar-refractivity contribution in [1.82, 2.24) is 14.9 Å². The van der Waals surface area contributed by atoms with E-state index in [2.05, 4.69) is 26.6 Å². The molecule has 0 radical (unpaired) electrons. The Morgan fingerprint density at radius 1 is 1.24 bits per heavy atom. The fourth-order valence-electron chi connectivity index (χ4n) is 3.86. The number of rotatable bonds is 5. The lowest BCUT2D eigenvalue weighted by atomic mass is 9.98. The van der Waals surface area contributed by atoms with Crippen LogP contribution in [0.5, 0.6) is 0 Å². The Hall–Kier alpha value is -0.780. The summed E-state index contributed by atoms with van der Waals surface area (Å²) in [6, 6.07) is 8.29. The third-order valence-corrected chi connectivity index (χ3v) is 7.07. The Labute approximate surface area is 196 Å². The molecule has 0 aliphatic carbocycles. The van der Waals surface area contributed by atoms with Crippen LogP contribution in [0.2, 0.25) is 5.02 Å². The van der Waals surface area contributed by atoms with Crippen LogP contribution in [-0.4, -0.2) is 70.8 Å². The third kappa shape index (κ3) is 7.15. The summed E-state index contributed by atoms with van der Waals surface area (Å²) in [5.74, 6) is 1.27. The number of piperidine rings is 1. The highest BCUT2D eigenvalue weighted by Gasteiger charge is 2.26. The normalized spacial score (nSPS) is 21.7. The summed E-state index contributed by atoms with van der Waals surface area (Å²) in [6.45, 7) is 3.91. The number of benzene rings is 1. The van der Waals surface area contributed by atoms with Gasteiger partial charge in [-0.3, -0.25) is 4.99 Å². The summed E-state index contributed by atoms with van der Waals surface area (Å²) in [6.07, 6.45) is 4.08. The van der Waals surface area contributed by atoms with Crippen LogP contribution in [0, 0.1) is 5.92 Å². The van der Waals surface area contributed by atoms with Crippen LogP contribution < -0.4 is 15.5 Å². The summed E-state index contributed by atoms with van der Waals surface area (Å²) in [4.78, 5) is 6.68. The lowest BCUT2D eigenvalue weighted by Crippen LogP contribution is -2.47. The Morgan fingerprint density at radius 3 is 2.59 bits per heavy atom. The lowest BCUT2D eigenvalue weighted by Gasteiger charge is -2.30. The van der Waals surface area contributed by atoms with Crippen molar-refractivity contribution in [3.05, 3.63) is 29.3 Å². The molecule has 1 aromatic rings. The molecular weight excluding hydrogens is 525 g/mol. The molecule has 0 spiro atoms. The number of halogens is 2. The summed E-state index contributed by atoms with van der Waals surface area (Å²) in [5, 5.41) is 7.68. The quantitative estimate of drug-likeness (QED) is 0.332. The molecule has 10 heteroatoms. The van der Waals surface area contributed by atoms with Gasteiger partial charge in [0, 0.05) is 56.5 Å². The van der Waals surface area contributed by atoms with Crippen LogP contribution in [0.1, 0.15) is 19.3 Å². The predicted molar refractivity (Wildman–Crippen MR) is 131 cm³/mol. The molecule has 2 N–H and O–H groups in total. The number of sulfonamides is 1. The number of hydrogen-bond donors (Lipinski definition) is 2. The van der Waals surface area contributed by atoms with Gasteiger partial charge >= 0.3 is 0 Å². The van der Waals surface area contributed by atoms with Crippen LogP contribution in [0.25, 0.3) is 0 Å². The third-order valence-electron chi connectivity index (χ3n) is 5.53. The van der Waals surface area contributed by atoms with Gasteiger partial charge < -0.3 is 15.5 Å². The molecule has 2 saturated heterocycles.